The molecular formula is C32H52B2BrO10P2. The summed E-state index contributed by atoms with van der Waals surface area (Å²) in [5.41, 5.74) is -0.408. The van der Waals surface area contributed by atoms with Crippen molar-refractivity contribution in [2.24, 2.45) is 0 Å². The topological polar surface area (TPSA) is 108 Å². The molecule has 0 spiro atoms. The van der Waals surface area contributed by atoms with Gasteiger partial charge in [-0.3, -0.25) is 9.13 Å². The van der Waals surface area contributed by atoms with E-state index in [1.165, 1.54) is 7.69 Å². The molecule has 2 aliphatic heterocycles. The van der Waals surface area contributed by atoms with Gasteiger partial charge >= 0.3 is 30.0 Å². The predicted octanol–water partition coefficient (Wildman–Crippen LogP) is 7.34. The first-order chi connectivity index (χ1) is 21.7. The monoisotopic (exact) mass is 759 g/mol. The van der Waals surface area contributed by atoms with Gasteiger partial charge in [0.15, 0.2) is 0 Å². The third kappa shape index (κ3) is 11.1. The highest BCUT2D eigenvalue weighted by Gasteiger charge is 2.52. The van der Waals surface area contributed by atoms with Crippen molar-refractivity contribution in [1.29, 1.82) is 0 Å². The second kappa shape index (κ2) is 17.4. The number of hydrogen-bond donors (Lipinski definition) is 0. The lowest BCUT2D eigenvalue weighted by atomic mass is 9.79. The highest BCUT2D eigenvalue weighted by atomic mass is 79.9. The van der Waals surface area contributed by atoms with Crippen molar-refractivity contribution in [2.45, 2.75) is 105 Å². The second-order valence-corrected chi connectivity index (χ2v) is 17.7. The van der Waals surface area contributed by atoms with Gasteiger partial charge in [0.2, 0.25) is 0 Å². The molecule has 2 fully saturated rings. The molecule has 2 heterocycles. The van der Waals surface area contributed by atoms with Crippen LogP contribution in [0.5, 0.6) is 0 Å². The molecule has 2 saturated heterocycles. The Bertz CT molecular complexity index is 1340. The van der Waals surface area contributed by atoms with E-state index in [4.69, 9.17) is 36.7 Å². The zero-order chi connectivity index (χ0) is 35.7. The second-order valence-electron chi connectivity index (χ2n) is 12.7. The minimum absolute atomic E-state index is 0.187. The van der Waals surface area contributed by atoms with Crippen molar-refractivity contribution in [3.8, 4) is 0 Å². The molecule has 10 nitrogen and oxygen atoms in total. The van der Waals surface area contributed by atoms with Crippen LogP contribution in [0.4, 0.5) is 0 Å². The Hall–Kier alpha value is -0.810. The maximum Gasteiger partial charge on any atom is 0.494 e. The average molecular weight is 760 g/mol. The summed E-state index contributed by atoms with van der Waals surface area (Å²) in [7, 11) is -5.53. The normalized spacial score (nSPS) is 19.2. The van der Waals surface area contributed by atoms with Gasteiger partial charge in [-0.2, -0.15) is 0 Å². The molecule has 2 aromatic carbocycles. The quantitative estimate of drug-likeness (QED) is 0.171. The van der Waals surface area contributed by atoms with Gasteiger partial charge in [-0.15, -0.1) is 0 Å². The van der Waals surface area contributed by atoms with Crippen LogP contribution in [0.25, 0.3) is 0 Å². The van der Waals surface area contributed by atoms with Gasteiger partial charge in [0.05, 0.1) is 59.4 Å². The van der Waals surface area contributed by atoms with Crippen LogP contribution in [-0.2, 0) is 45.8 Å². The lowest BCUT2D eigenvalue weighted by molar-refractivity contribution is 0.00578. The van der Waals surface area contributed by atoms with E-state index in [-0.39, 0.29) is 11.2 Å². The molecular weight excluding hydrogens is 708 g/mol. The lowest BCUT2D eigenvalue weighted by Crippen LogP contribution is -2.41. The first-order valence-electron chi connectivity index (χ1n) is 15.9. The minimum atomic E-state index is -3.31. The van der Waals surface area contributed by atoms with Gasteiger partial charge in [0.25, 0.3) is 0 Å². The summed E-state index contributed by atoms with van der Waals surface area (Å²) in [6.07, 6.45) is 0. The Morgan fingerprint density at radius 2 is 1.02 bits per heavy atom. The largest absolute Gasteiger partial charge is 0.494 e. The van der Waals surface area contributed by atoms with Gasteiger partial charge in [-0.25, -0.2) is 0 Å². The smallest absolute Gasteiger partial charge is 0.405 e. The minimum Gasteiger partial charge on any atom is -0.405 e. The van der Waals surface area contributed by atoms with Crippen molar-refractivity contribution in [3.63, 3.8) is 0 Å². The number of halogens is 1. The molecule has 4 rings (SSSR count). The molecule has 0 atom stereocenters. The van der Waals surface area contributed by atoms with E-state index in [0.29, 0.717) is 37.0 Å². The fraction of sp³-hybridized carbons (Fsp3) is 0.625. The van der Waals surface area contributed by atoms with E-state index in [9.17, 15) is 9.13 Å². The van der Waals surface area contributed by atoms with Crippen LogP contribution in [0, 0.1) is 0 Å². The van der Waals surface area contributed by atoms with Crippen molar-refractivity contribution in [1.82, 2.24) is 0 Å². The number of hydrogen-bond acceptors (Lipinski definition) is 10. The van der Waals surface area contributed by atoms with Crippen LogP contribution in [0.3, 0.4) is 0 Å². The third-order valence-corrected chi connectivity index (χ3v) is 12.9. The van der Waals surface area contributed by atoms with E-state index in [2.05, 4.69) is 15.9 Å². The Kier molecular flexibility index (Phi) is 15.7. The van der Waals surface area contributed by atoms with Gasteiger partial charge < -0.3 is 36.7 Å². The summed E-state index contributed by atoms with van der Waals surface area (Å²) in [5.74, 6) is 0. The highest BCUT2D eigenvalue weighted by Crippen LogP contribution is 2.47. The Balaban J connectivity index is 0.000000273. The molecule has 0 saturated carbocycles. The number of rotatable bonds is 11. The van der Waals surface area contributed by atoms with Crippen LogP contribution in [0.15, 0.2) is 53.0 Å². The summed E-state index contributed by atoms with van der Waals surface area (Å²) < 4.78 is 69.8. The zero-order valence-corrected chi connectivity index (χ0v) is 33.3. The molecule has 0 unspecified atom stereocenters. The summed E-state index contributed by atoms with van der Waals surface area (Å²) >= 11 is 3.32. The van der Waals surface area contributed by atoms with Crippen molar-refractivity contribution < 1.29 is 45.8 Å². The molecule has 2 aromatic rings. The SMILES string of the molecule is CC1(C)O[B]OC1(C)C.CCOP(=O)(OCC)c1cccc(B2OC(C)(C)C(C)(C)O2)c1.CCOP(=O)(OCC)c1cccc(Br)c1. The van der Waals surface area contributed by atoms with Gasteiger partial charge in [0, 0.05) is 4.47 Å². The van der Waals surface area contributed by atoms with E-state index >= 15 is 0 Å². The molecule has 263 valence electrons. The molecule has 2 aliphatic rings. The Labute approximate surface area is 291 Å². The molecule has 0 amide bonds. The molecule has 0 bridgehead atoms. The van der Waals surface area contributed by atoms with Gasteiger partial charge in [-0.05, 0) is 119 Å². The van der Waals surface area contributed by atoms with E-state index < -0.39 is 33.5 Å². The van der Waals surface area contributed by atoms with Crippen molar-refractivity contribution in [3.05, 3.63) is 53.0 Å². The van der Waals surface area contributed by atoms with Crippen LogP contribution in [0.2, 0.25) is 0 Å². The summed E-state index contributed by atoms with van der Waals surface area (Å²) in [4.78, 5) is 0. The van der Waals surface area contributed by atoms with Crippen molar-refractivity contribution in [2.75, 3.05) is 26.4 Å². The summed E-state index contributed by atoms with van der Waals surface area (Å²) in [6, 6.07) is 14.4. The van der Waals surface area contributed by atoms with Crippen LogP contribution < -0.4 is 16.1 Å². The van der Waals surface area contributed by atoms with E-state index in [1.807, 2.05) is 79.7 Å². The molecule has 0 aromatic heterocycles. The van der Waals surface area contributed by atoms with Gasteiger partial charge in [-0.1, -0.05) is 34.1 Å². The molecule has 47 heavy (non-hydrogen) atoms. The maximum atomic E-state index is 12.9. The summed E-state index contributed by atoms with van der Waals surface area (Å²) in [5, 5.41) is 1.11. The first kappa shape index (κ1) is 42.4. The Morgan fingerprint density at radius 3 is 1.36 bits per heavy atom. The molecule has 0 aliphatic carbocycles. The standard InChI is InChI=1S/C16H26BO5P.C10H14BrO3P.C6H12BO2/c1-7-19-23(18,20-8-2)14-11-9-10-13(12-14)17-21-15(3,4)16(5,6)22-17;1-3-13-15(12,14-4-2)10-7-5-6-9(11)8-10;1-5(2)6(3,4)9-7-8-5/h9-12H,7-8H2,1-6H3;5-8H,3-4H2,1-2H3;1-4H3. The Morgan fingerprint density at radius 1 is 0.638 bits per heavy atom. The van der Waals surface area contributed by atoms with Crippen LogP contribution in [0.1, 0.15) is 83.1 Å². The molecule has 15 heteroatoms. The molecule has 0 N–H and O–H groups in total. The first-order valence-corrected chi connectivity index (χ1v) is 19.8. The number of benzene rings is 2. The molecule has 1 radical (unpaired) electrons. The van der Waals surface area contributed by atoms with Crippen LogP contribution >= 0.6 is 31.1 Å². The maximum absolute atomic E-state index is 12.9. The van der Waals surface area contributed by atoms with Crippen LogP contribution in [-0.4, -0.2) is 63.6 Å². The average Bonchev–Trinajstić information content (AvgIpc) is 3.36. The lowest BCUT2D eigenvalue weighted by Gasteiger charge is -2.32. The fourth-order valence-corrected chi connectivity index (χ4v) is 7.89. The van der Waals surface area contributed by atoms with Crippen molar-refractivity contribution >= 4 is 62.0 Å². The summed E-state index contributed by atoms with van der Waals surface area (Å²) in [6.45, 7) is 24.6. The zero-order valence-electron chi connectivity index (χ0n) is 30.0. The fourth-order valence-electron chi connectivity index (χ4n) is 4.07. The van der Waals surface area contributed by atoms with Gasteiger partial charge in [0.1, 0.15) is 0 Å². The predicted molar refractivity (Wildman–Crippen MR) is 193 cm³/mol. The highest BCUT2D eigenvalue weighted by molar-refractivity contribution is 9.10. The van der Waals surface area contributed by atoms with E-state index in [0.717, 1.165) is 9.94 Å². The van der Waals surface area contributed by atoms with E-state index in [1.54, 1.807) is 52.0 Å². The third-order valence-electron chi connectivity index (χ3n) is 8.17.